The van der Waals surface area contributed by atoms with E-state index in [0.29, 0.717) is 0 Å². The molecule has 0 spiro atoms. The van der Waals surface area contributed by atoms with Crippen LogP contribution in [0.1, 0.15) is 20.3 Å². The molecule has 3 heteroatoms. The molecule has 0 saturated heterocycles. The van der Waals surface area contributed by atoms with E-state index in [4.69, 9.17) is 0 Å². The number of nitrogens with zero attached hydrogens (tertiary/aromatic N) is 1. The lowest BCUT2D eigenvalue weighted by atomic mass is 10.3. The quantitative estimate of drug-likeness (QED) is 0.401. The minimum Gasteiger partial charge on any atom is -0.361 e. The van der Waals surface area contributed by atoms with Crippen molar-refractivity contribution in [3.05, 3.63) is 4.91 Å². The predicted octanol–water partition coefficient (Wildman–Crippen LogP) is 1.48. The van der Waals surface area contributed by atoms with E-state index in [9.17, 15) is 4.91 Å². The van der Waals surface area contributed by atoms with Crippen molar-refractivity contribution >= 4 is 0 Å². The number of hydrogen-bond acceptors (Lipinski definition) is 3. The van der Waals surface area contributed by atoms with Crippen molar-refractivity contribution in [3.63, 3.8) is 0 Å². The van der Waals surface area contributed by atoms with Crippen LogP contribution in [0.4, 0.5) is 0 Å². The van der Waals surface area contributed by atoms with E-state index >= 15 is 0 Å². The third-order valence-corrected chi connectivity index (χ3v) is 0.798. The summed E-state index contributed by atoms with van der Waals surface area (Å²) < 4.78 is 0. The van der Waals surface area contributed by atoms with Gasteiger partial charge in [0.2, 0.25) is 0 Å². The molecule has 0 aromatic heterocycles. The Balaban J connectivity index is 2.98. The zero-order chi connectivity index (χ0) is 5.70. The van der Waals surface area contributed by atoms with Crippen LogP contribution in [0.15, 0.2) is 5.34 Å². The van der Waals surface area contributed by atoms with Crippen LogP contribution < -0.4 is 0 Å². The zero-order valence-corrected chi connectivity index (χ0v) is 4.55. The predicted molar refractivity (Wildman–Crippen MR) is 26.6 cm³/mol. The van der Waals surface area contributed by atoms with Gasteiger partial charge in [-0.05, 0) is 13.3 Å². The first kappa shape index (κ1) is 6.40. The normalized spacial score (nSPS) is 12.9. The Morgan fingerprint density at radius 2 is 2.43 bits per heavy atom. The van der Waals surface area contributed by atoms with Gasteiger partial charge in [0.05, 0.1) is 0 Å². The summed E-state index contributed by atoms with van der Waals surface area (Å²) in [4.78, 5) is 13.6. The highest BCUT2D eigenvalue weighted by atomic mass is 16.7. The molecule has 0 aromatic carbocycles. The van der Waals surface area contributed by atoms with Crippen molar-refractivity contribution in [2.75, 3.05) is 0 Å². The standard InChI is InChI=1S/C4H9NO2/c1-3-4(2)7-5-6/h4H,3H2,1-2H3/t4-/m1/s1. The van der Waals surface area contributed by atoms with Gasteiger partial charge in [-0.1, -0.05) is 6.92 Å². The topological polar surface area (TPSA) is 38.7 Å². The maximum Gasteiger partial charge on any atom is 0.155 e. The van der Waals surface area contributed by atoms with Crippen LogP contribution in [-0.4, -0.2) is 6.10 Å². The van der Waals surface area contributed by atoms with Crippen LogP contribution >= 0.6 is 0 Å². The van der Waals surface area contributed by atoms with Crippen molar-refractivity contribution in [2.24, 2.45) is 5.34 Å². The SMILES string of the molecule is CC[C@@H](C)ON=O. The lowest BCUT2D eigenvalue weighted by Crippen LogP contribution is -1.99. The first-order chi connectivity index (χ1) is 3.31. The molecule has 0 radical (unpaired) electrons. The molecule has 0 saturated carbocycles. The Hall–Kier alpha value is -0.600. The summed E-state index contributed by atoms with van der Waals surface area (Å²) in [5.41, 5.74) is 0. The van der Waals surface area contributed by atoms with E-state index in [1.807, 2.05) is 6.92 Å². The number of hydrogen-bond donors (Lipinski definition) is 0. The van der Waals surface area contributed by atoms with Crippen LogP contribution in [0, 0.1) is 4.91 Å². The van der Waals surface area contributed by atoms with Crippen molar-refractivity contribution in [3.8, 4) is 0 Å². The van der Waals surface area contributed by atoms with Crippen LogP contribution in [0.2, 0.25) is 0 Å². The molecule has 0 aliphatic rings. The molecule has 0 rings (SSSR count). The fraction of sp³-hybridized carbons (Fsp3) is 1.00. The molecule has 0 N–H and O–H groups in total. The van der Waals surface area contributed by atoms with Gasteiger partial charge < -0.3 is 4.84 Å². The third-order valence-electron chi connectivity index (χ3n) is 0.798. The molecule has 42 valence electrons. The highest BCUT2D eigenvalue weighted by Crippen LogP contribution is 1.93. The van der Waals surface area contributed by atoms with E-state index in [2.05, 4.69) is 10.2 Å². The number of rotatable bonds is 3. The summed E-state index contributed by atoms with van der Waals surface area (Å²) >= 11 is 0. The van der Waals surface area contributed by atoms with Gasteiger partial charge in [0.25, 0.3) is 0 Å². The van der Waals surface area contributed by atoms with Crippen molar-refractivity contribution in [1.82, 2.24) is 0 Å². The Kier molecular flexibility index (Phi) is 3.28. The summed E-state index contributed by atoms with van der Waals surface area (Å²) in [6, 6.07) is 0. The van der Waals surface area contributed by atoms with Crippen LogP contribution in [0.5, 0.6) is 0 Å². The zero-order valence-electron chi connectivity index (χ0n) is 4.55. The second kappa shape index (κ2) is 3.59. The summed E-state index contributed by atoms with van der Waals surface area (Å²) in [7, 11) is 0. The Labute approximate surface area is 42.6 Å². The molecule has 0 amide bonds. The smallest absolute Gasteiger partial charge is 0.155 e. The maximum atomic E-state index is 9.30. The Morgan fingerprint density at radius 1 is 1.86 bits per heavy atom. The highest BCUT2D eigenvalue weighted by molar-refractivity contribution is 4.39. The molecular weight excluding hydrogens is 94.0 g/mol. The third kappa shape index (κ3) is 3.22. The maximum absolute atomic E-state index is 9.30. The second-order valence-corrected chi connectivity index (χ2v) is 1.40. The van der Waals surface area contributed by atoms with Crippen LogP contribution in [0.3, 0.4) is 0 Å². The molecule has 7 heavy (non-hydrogen) atoms. The van der Waals surface area contributed by atoms with Gasteiger partial charge in [0.1, 0.15) is 6.10 Å². The van der Waals surface area contributed by atoms with E-state index in [0.717, 1.165) is 6.42 Å². The van der Waals surface area contributed by atoms with E-state index < -0.39 is 0 Å². The Morgan fingerprint density at radius 3 is 2.57 bits per heavy atom. The lowest BCUT2D eigenvalue weighted by Gasteiger charge is -1.99. The summed E-state index contributed by atoms with van der Waals surface area (Å²) in [5, 5.41) is 2.26. The van der Waals surface area contributed by atoms with E-state index in [1.54, 1.807) is 6.92 Å². The van der Waals surface area contributed by atoms with E-state index in [-0.39, 0.29) is 6.10 Å². The summed E-state index contributed by atoms with van der Waals surface area (Å²) in [6.45, 7) is 3.72. The molecule has 3 nitrogen and oxygen atoms in total. The highest BCUT2D eigenvalue weighted by Gasteiger charge is 1.94. The molecule has 0 unspecified atom stereocenters. The van der Waals surface area contributed by atoms with Gasteiger partial charge in [-0.3, -0.25) is 0 Å². The molecule has 1 atom stereocenters. The van der Waals surface area contributed by atoms with Gasteiger partial charge in [-0.25, -0.2) is 0 Å². The van der Waals surface area contributed by atoms with Crippen molar-refractivity contribution in [1.29, 1.82) is 0 Å². The molecule has 0 aromatic rings. The minimum atomic E-state index is -0.0301. The van der Waals surface area contributed by atoms with Crippen LogP contribution in [-0.2, 0) is 4.84 Å². The minimum absolute atomic E-state index is 0.0301. The average Bonchev–Trinajstić information content (AvgIpc) is 1.68. The largest absolute Gasteiger partial charge is 0.361 e. The fourth-order valence-electron chi connectivity index (χ4n) is 0.148. The first-order valence-electron chi connectivity index (χ1n) is 2.29. The van der Waals surface area contributed by atoms with Gasteiger partial charge >= 0.3 is 0 Å². The Bertz CT molecular complexity index is 55.7. The van der Waals surface area contributed by atoms with Crippen molar-refractivity contribution in [2.45, 2.75) is 26.4 Å². The second-order valence-electron chi connectivity index (χ2n) is 1.40. The molecule has 0 aliphatic heterocycles. The van der Waals surface area contributed by atoms with Gasteiger partial charge in [-0.2, -0.15) is 0 Å². The summed E-state index contributed by atoms with van der Waals surface area (Å²) in [6.07, 6.45) is 0.795. The lowest BCUT2D eigenvalue weighted by molar-refractivity contribution is 0.0661. The van der Waals surface area contributed by atoms with Gasteiger partial charge in [0, 0.05) is 0 Å². The fourth-order valence-corrected chi connectivity index (χ4v) is 0.148. The van der Waals surface area contributed by atoms with E-state index in [1.165, 1.54) is 0 Å². The van der Waals surface area contributed by atoms with Crippen molar-refractivity contribution < 1.29 is 4.84 Å². The monoisotopic (exact) mass is 103 g/mol. The average molecular weight is 103 g/mol. The molecular formula is C4H9NO2. The molecule has 0 fully saturated rings. The van der Waals surface area contributed by atoms with Gasteiger partial charge in [-0.15, -0.1) is 4.91 Å². The first-order valence-corrected chi connectivity index (χ1v) is 2.29. The molecule has 0 aliphatic carbocycles. The van der Waals surface area contributed by atoms with Gasteiger partial charge in [0.15, 0.2) is 5.34 Å². The summed E-state index contributed by atoms with van der Waals surface area (Å²) in [5.74, 6) is 0. The van der Waals surface area contributed by atoms with Crippen LogP contribution in [0.25, 0.3) is 0 Å². The molecule has 0 bridgehead atoms. The molecule has 0 heterocycles.